The second kappa shape index (κ2) is 8.55. The van der Waals surface area contributed by atoms with Crippen molar-refractivity contribution in [2.45, 2.75) is 13.5 Å². The molecule has 1 aliphatic rings. The Hall–Kier alpha value is -2.27. The Bertz CT molecular complexity index is 675. The van der Waals surface area contributed by atoms with Crippen molar-refractivity contribution in [1.29, 1.82) is 0 Å². The first kappa shape index (κ1) is 18.1. The summed E-state index contributed by atoms with van der Waals surface area (Å²) in [7, 11) is 0. The van der Waals surface area contributed by atoms with Crippen LogP contribution in [0.15, 0.2) is 48.8 Å². The highest BCUT2D eigenvalue weighted by Crippen LogP contribution is 2.14. The Balaban J connectivity index is 0.00000208. The zero-order valence-electron chi connectivity index (χ0n) is 13.8. The largest absolute Gasteiger partial charge is 0.339 e. The first-order chi connectivity index (χ1) is 11.3. The van der Waals surface area contributed by atoms with Gasteiger partial charge in [-0.1, -0.05) is 30.3 Å². The summed E-state index contributed by atoms with van der Waals surface area (Å²) in [6, 6.07) is 9.90. The minimum absolute atomic E-state index is 0. The molecule has 5 nitrogen and oxygen atoms in total. The smallest absolute Gasteiger partial charge is 0.246 e. The van der Waals surface area contributed by atoms with E-state index < -0.39 is 0 Å². The van der Waals surface area contributed by atoms with Gasteiger partial charge in [-0.15, -0.1) is 12.4 Å². The van der Waals surface area contributed by atoms with Crippen LogP contribution in [0.1, 0.15) is 12.5 Å². The van der Waals surface area contributed by atoms with Gasteiger partial charge in [-0.2, -0.15) is 0 Å². The summed E-state index contributed by atoms with van der Waals surface area (Å²) in [5, 5.41) is 0. The summed E-state index contributed by atoms with van der Waals surface area (Å²) in [5.41, 5.74) is 1.05. The van der Waals surface area contributed by atoms with Crippen LogP contribution in [0.5, 0.6) is 0 Å². The van der Waals surface area contributed by atoms with E-state index in [9.17, 15) is 4.79 Å². The van der Waals surface area contributed by atoms with E-state index in [2.05, 4.69) is 21.4 Å². The maximum absolute atomic E-state index is 12.3. The summed E-state index contributed by atoms with van der Waals surface area (Å²) < 4.78 is 2.13. The number of carbonyl (C=O) groups is 1. The molecule has 24 heavy (non-hydrogen) atoms. The lowest BCUT2D eigenvalue weighted by molar-refractivity contribution is -0.126. The van der Waals surface area contributed by atoms with Crippen molar-refractivity contribution in [3.63, 3.8) is 0 Å². The van der Waals surface area contributed by atoms with Crippen molar-refractivity contribution in [3.8, 4) is 0 Å². The van der Waals surface area contributed by atoms with Gasteiger partial charge >= 0.3 is 0 Å². The predicted octanol–water partition coefficient (Wildman–Crippen LogP) is 2.69. The number of hydrogen-bond donors (Lipinski definition) is 0. The number of aryl methyl sites for hydroxylation is 1. The minimum atomic E-state index is 0. The first-order valence-corrected chi connectivity index (χ1v) is 8.06. The van der Waals surface area contributed by atoms with Gasteiger partial charge in [0.1, 0.15) is 0 Å². The molecule has 2 aromatic rings. The highest BCUT2D eigenvalue weighted by Gasteiger charge is 2.21. The number of rotatable bonds is 4. The number of aromatic nitrogens is 2. The molecule has 1 saturated heterocycles. The van der Waals surface area contributed by atoms with E-state index in [1.165, 1.54) is 0 Å². The first-order valence-electron chi connectivity index (χ1n) is 8.06. The van der Waals surface area contributed by atoms with E-state index >= 15 is 0 Å². The highest BCUT2D eigenvalue weighted by molar-refractivity contribution is 5.91. The number of benzene rings is 1. The molecule has 1 amide bonds. The van der Waals surface area contributed by atoms with E-state index in [0.717, 1.165) is 44.2 Å². The molecule has 0 spiro atoms. The van der Waals surface area contributed by atoms with Gasteiger partial charge in [0.15, 0.2) is 0 Å². The molecule has 1 aliphatic heterocycles. The van der Waals surface area contributed by atoms with E-state index in [4.69, 9.17) is 0 Å². The van der Waals surface area contributed by atoms with Crippen molar-refractivity contribution < 1.29 is 4.79 Å². The topological polar surface area (TPSA) is 41.4 Å². The lowest BCUT2D eigenvalue weighted by Gasteiger charge is -2.35. The van der Waals surface area contributed by atoms with E-state index in [1.807, 2.05) is 53.7 Å². The number of hydrogen-bond acceptors (Lipinski definition) is 3. The summed E-state index contributed by atoms with van der Waals surface area (Å²) >= 11 is 0. The molecule has 3 rings (SSSR count). The Morgan fingerprint density at radius 2 is 1.88 bits per heavy atom. The quantitative estimate of drug-likeness (QED) is 0.799. The van der Waals surface area contributed by atoms with Gasteiger partial charge < -0.3 is 14.4 Å². The SMILES string of the molecule is CCn1ccnc1N1CCN(C(=O)/C=C\c2ccccc2)CC1.Cl. The minimum Gasteiger partial charge on any atom is -0.339 e. The fourth-order valence-electron chi connectivity index (χ4n) is 2.80. The molecular weight excluding hydrogens is 324 g/mol. The maximum Gasteiger partial charge on any atom is 0.246 e. The lowest BCUT2D eigenvalue weighted by Crippen LogP contribution is -2.49. The van der Waals surface area contributed by atoms with Gasteiger partial charge in [0.05, 0.1) is 0 Å². The molecule has 0 bridgehead atoms. The Morgan fingerprint density at radius 1 is 1.17 bits per heavy atom. The van der Waals surface area contributed by atoms with Crippen molar-refractivity contribution in [1.82, 2.24) is 14.5 Å². The number of anilines is 1. The number of carbonyl (C=O) groups excluding carboxylic acids is 1. The van der Waals surface area contributed by atoms with Crippen LogP contribution in [0.2, 0.25) is 0 Å². The van der Waals surface area contributed by atoms with Crippen molar-refractivity contribution in [3.05, 3.63) is 54.4 Å². The van der Waals surface area contributed by atoms with Gasteiger partial charge in [0.2, 0.25) is 11.9 Å². The molecular formula is C18H23ClN4O. The third-order valence-corrected chi connectivity index (χ3v) is 4.13. The fourth-order valence-corrected chi connectivity index (χ4v) is 2.80. The molecule has 0 atom stereocenters. The molecule has 6 heteroatoms. The summed E-state index contributed by atoms with van der Waals surface area (Å²) in [5.74, 6) is 1.08. The van der Waals surface area contributed by atoms with Gasteiger partial charge in [-0.05, 0) is 18.6 Å². The zero-order chi connectivity index (χ0) is 16.1. The van der Waals surface area contributed by atoms with Gasteiger partial charge in [-0.3, -0.25) is 4.79 Å². The molecule has 1 aromatic carbocycles. The zero-order valence-corrected chi connectivity index (χ0v) is 14.7. The summed E-state index contributed by atoms with van der Waals surface area (Å²) in [6.07, 6.45) is 7.37. The predicted molar refractivity (Wildman–Crippen MR) is 99.4 cm³/mol. The Morgan fingerprint density at radius 3 is 2.54 bits per heavy atom. The molecule has 1 fully saturated rings. The van der Waals surface area contributed by atoms with Crippen LogP contribution in [0.4, 0.5) is 5.95 Å². The van der Waals surface area contributed by atoms with Crippen molar-refractivity contribution >= 4 is 30.3 Å². The second-order valence-electron chi connectivity index (χ2n) is 5.57. The molecule has 0 radical (unpaired) electrons. The Labute approximate surface area is 149 Å². The third-order valence-electron chi connectivity index (χ3n) is 4.13. The third kappa shape index (κ3) is 4.17. The van der Waals surface area contributed by atoms with Gasteiger partial charge in [0.25, 0.3) is 0 Å². The molecule has 1 aromatic heterocycles. The molecule has 128 valence electrons. The van der Waals surface area contributed by atoms with Crippen LogP contribution in [-0.4, -0.2) is 46.5 Å². The molecule has 0 N–H and O–H groups in total. The summed E-state index contributed by atoms with van der Waals surface area (Å²) in [6.45, 7) is 6.13. The number of amides is 1. The van der Waals surface area contributed by atoms with Crippen LogP contribution in [0, 0.1) is 0 Å². The van der Waals surface area contributed by atoms with Crippen LogP contribution in [0.25, 0.3) is 6.08 Å². The van der Waals surface area contributed by atoms with Crippen LogP contribution in [0.3, 0.4) is 0 Å². The maximum atomic E-state index is 12.3. The number of imidazole rings is 1. The molecule has 0 unspecified atom stereocenters. The molecule has 2 heterocycles. The van der Waals surface area contributed by atoms with Crippen LogP contribution in [-0.2, 0) is 11.3 Å². The average Bonchev–Trinajstić information content (AvgIpc) is 3.09. The molecule has 0 saturated carbocycles. The average molecular weight is 347 g/mol. The van der Waals surface area contributed by atoms with Gasteiger partial charge in [-0.25, -0.2) is 4.98 Å². The number of halogens is 1. The van der Waals surface area contributed by atoms with E-state index in [-0.39, 0.29) is 18.3 Å². The van der Waals surface area contributed by atoms with Crippen molar-refractivity contribution in [2.75, 3.05) is 31.1 Å². The monoisotopic (exact) mass is 346 g/mol. The highest BCUT2D eigenvalue weighted by atomic mass is 35.5. The lowest BCUT2D eigenvalue weighted by atomic mass is 10.2. The standard InChI is InChI=1S/C18H22N4O.ClH/c1-2-20-11-10-19-18(20)22-14-12-21(13-15-22)17(23)9-8-16-6-4-3-5-7-16;/h3-11H,2,12-15H2,1H3;1H/b9-8-;. The van der Waals surface area contributed by atoms with Crippen LogP contribution < -0.4 is 4.90 Å². The van der Waals surface area contributed by atoms with Crippen molar-refractivity contribution in [2.24, 2.45) is 0 Å². The second-order valence-corrected chi connectivity index (χ2v) is 5.57. The van der Waals surface area contributed by atoms with Crippen LogP contribution >= 0.6 is 12.4 Å². The summed E-state index contributed by atoms with van der Waals surface area (Å²) in [4.78, 5) is 20.9. The Kier molecular flexibility index (Phi) is 6.44. The van der Waals surface area contributed by atoms with Gasteiger partial charge in [0, 0.05) is 51.2 Å². The van der Waals surface area contributed by atoms with E-state index in [0.29, 0.717) is 0 Å². The number of piperazine rings is 1. The normalized spacial score (nSPS) is 14.7. The fraction of sp³-hybridized carbons (Fsp3) is 0.333. The number of nitrogens with zero attached hydrogens (tertiary/aromatic N) is 4. The van der Waals surface area contributed by atoms with E-state index in [1.54, 1.807) is 6.08 Å². The molecule has 0 aliphatic carbocycles.